The largest absolute Gasteiger partial charge is 0.399 e. The fourth-order valence-corrected chi connectivity index (χ4v) is 2.12. The second-order valence-corrected chi connectivity index (χ2v) is 4.33. The maximum Gasteiger partial charge on any atom is 0.397 e. The molecule has 1 aliphatic rings. The van der Waals surface area contributed by atoms with Gasteiger partial charge in [0, 0.05) is 17.9 Å². The van der Waals surface area contributed by atoms with Gasteiger partial charge < -0.3 is 10.6 Å². The summed E-state index contributed by atoms with van der Waals surface area (Å²) in [5.74, 6) is -0.922. The van der Waals surface area contributed by atoms with Gasteiger partial charge in [-0.2, -0.15) is 13.2 Å². The van der Waals surface area contributed by atoms with Crippen LogP contribution in [0.25, 0.3) is 0 Å². The third-order valence-corrected chi connectivity index (χ3v) is 2.88. The number of carbonyl (C=O) groups is 1. The molecule has 2 rings (SSSR count). The van der Waals surface area contributed by atoms with Crippen LogP contribution in [0.15, 0.2) is 18.2 Å². The fraction of sp³-hybridized carbons (Fsp3) is 0.417. The van der Waals surface area contributed by atoms with Crippen molar-refractivity contribution in [3.8, 4) is 0 Å². The van der Waals surface area contributed by atoms with E-state index in [-0.39, 0.29) is 0 Å². The lowest BCUT2D eigenvalue weighted by Gasteiger charge is -2.30. The summed E-state index contributed by atoms with van der Waals surface area (Å²) in [6.07, 6.45) is -4.48. The minimum absolute atomic E-state index is 0.311. The average Bonchev–Trinajstić information content (AvgIpc) is 2.25. The molecule has 1 aromatic rings. The molecule has 0 spiro atoms. The Balaban J connectivity index is 2.27. The van der Waals surface area contributed by atoms with E-state index in [4.69, 9.17) is 5.73 Å². The molecular formula is C12H13F3N2O. The van der Waals surface area contributed by atoms with Crippen LogP contribution in [0.1, 0.15) is 18.4 Å². The normalized spacial score (nSPS) is 15.4. The molecule has 18 heavy (non-hydrogen) atoms. The van der Waals surface area contributed by atoms with E-state index in [2.05, 4.69) is 0 Å². The van der Waals surface area contributed by atoms with Crippen molar-refractivity contribution in [2.45, 2.75) is 25.4 Å². The Bertz CT molecular complexity index is 471. The predicted molar refractivity (Wildman–Crippen MR) is 62.2 cm³/mol. The van der Waals surface area contributed by atoms with E-state index in [1.54, 1.807) is 18.2 Å². The molecule has 1 amide bonds. The van der Waals surface area contributed by atoms with Crippen LogP contribution < -0.4 is 10.6 Å². The van der Waals surface area contributed by atoms with Crippen molar-refractivity contribution in [1.82, 2.24) is 0 Å². The fourth-order valence-electron chi connectivity index (χ4n) is 2.12. The highest BCUT2D eigenvalue weighted by Crippen LogP contribution is 2.31. The number of amides is 1. The zero-order valence-electron chi connectivity index (χ0n) is 9.63. The van der Waals surface area contributed by atoms with Crippen molar-refractivity contribution in [3.05, 3.63) is 23.8 Å². The summed E-state index contributed by atoms with van der Waals surface area (Å²) < 4.78 is 36.7. The number of carbonyl (C=O) groups excluding carboxylic acids is 1. The van der Waals surface area contributed by atoms with Crippen molar-refractivity contribution >= 4 is 17.3 Å². The van der Waals surface area contributed by atoms with E-state index in [1.807, 2.05) is 0 Å². The zero-order valence-corrected chi connectivity index (χ0v) is 9.63. The topological polar surface area (TPSA) is 46.3 Å². The van der Waals surface area contributed by atoms with Gasteiger partial charge in [0.25, 0.3) is 0 Å². The molecule has 0 bridgehead atoms. The SMILES string of the molecule is Nc1ccc2c(c1)N(C(=O)CC(F)(F)F)CCC2. The number of halogens is 3. The molecule has 1 aliphatic heterocycles. The molecule has 3 nitrogen and oxygen atoms in total. The van der Waals surface area contributed by atoms with E-state index >= 15 is 0 Å². The van der Waals surface area contributed by atoms with Crippen LogP contribution in [-0.4, -0.2) is 18.6 Å². The smallest absolute Gasteiger partial charge is 0.397 e. The molecule has 0 saturated heterocycles. The second-order valence-electron chi connectivity index (χ2n) is 4.33. The maximum absolute atomic E-state index is 12.2. The van der Waals surface area contributed by atoms with Crippen molar-refractivity contribution in [3.63, 3.8) is 0 Å². The van der Waals surface area contributed by atoms with Gasteiger partial charge in [0.15, 0.2) is 0 Å². The maximum atomic E-state index is 12.2. The van der Waals surface area contributed by atoms with Crippen LogP contribution in [0.3, 0.4) is 0 Å². The standard InChI is InChI=1S/C12H13F3N2O/c13-12(14,15)7-11(18)17-5-1-2-8-3-4-9(16)6-10(8)17/h3-4,6H,1-2,5,7,16H2. The average molecular weight is 258 g/mol. The lowest BCUT2D eigenvalue weighted by Crippen LogP contribution is -2.37. The summed E-state index contributed by atoms with van der Waals surface area (Å²) in [5, 5.41) is 0. The van der Waals surface area contributed by atoms with Crippen LogP contribution in [-0.2, 0) is 11.2 Å². The molecule has 0 atom stereocenters. The summed E-state index contributed by atoms with van der Waals surface area (Å²) in [6.45, 7) is 0.311. The van der Waals surface area contributed by atoms with Gasteiger partial charge in [-0.25, -0.2) is 0 Å². The van der Waals surface area contributed by atoms with Crippen LogP contribution in [0.2, 0.25) is 0 Å². The van der Waals surface area contributed by atoms with Gasteiger partial charge in [0.2, 0.25) is 5.91 Å². The van der Waals surface area contributed by atoms with E-state index in [0.717, 1.165) is 12.0 Å². The first-order valence-corrected chi connectivity index (χ1v) is 5.62. The van der Waals surface area contributed by atoms with Crippen LogP contribution in [0.5, 0.6) is 0 Å². The minimum Gasteiger partial charge on any atom is -0.399 e. The first-order chi connectivity index (χ1) is 8.37. The molecule has 0 aromatic heterocycles. The van der Waals surface area contributed by atoms with Gasteiger partial charge in [0.05, 0.1) is 0 Å². The lowest BCUT2D eigenvalue weighted by atomic mass is 10.0. The first kappa shape index (κ1) is 12.7. The Labute approximate surface area is 102 Å². The van der Waals surface area contributed by atoms with E-state index in [1.165, 1.54) is 4.90 Å². The third-order valence-electron chi connectivity index (χ3n) is 2.88. The van der Waals surface area contributed by atoms with E-state index in [9.17, 15) is 18.0 Å². The molecule has 6 heteroatoms. The summed E-state index contributed by atoms with van der Waals surface area (Å²) in [5.41, 5.74) is 7.43. The number of aryl methyl sites for hydroxylation is 1. The molecule has 0 fully saturated rings. The number of rotatable bonds is 1. The predicted octanol–water partition coefficient (Wildman–Crippen LogP) is 2.50. The van der Waals surface area contributed by atoms with Gasteiger partial charge in [-0.1, -0.05) is 6.07 Å². The molecule has 1 aromatic carbocycles. The van der Waals surface area contributed by atoms with Crippen LogP contribution in [0.4, 0.5) is 24.5 Å². The number of fused-ring (bicyclic) bond motifs is 1. The minimum atomic E-state index is -4.48. The second kappa shape index (κ2) is 4.51. The Hall–Kier alpha value is -1.72. The number of hydrogen-bond donors (Lipinski definition) is 1. The van der Waals surface area contributed by atoms with Gasteiger partial charge in [0.1, 0.15) is 6.42 Å². The van der Waals surface area contributed by atoms with Gasteiger partial charge in [-0.15, -0.1) is 0 Å². The van der Waals surface area contributed by atoms with Crippen molar-refractivity contribution in [1.29, 1.82) is 0 Å². The van der Waals surface area contributed by atoms with Gasteiger partial charge in [-0.3, -0.25) is 4.79 Å². The Kier molecular flexibility index (Phi) is 3.19. The molecule has 0 radical (unpaired) electrons. The van der Waals surface area contributed by atoms with Crippen LogP contribution in [0, 0.1) is 0 Å². The molecule has 1 heterocycles. The first-order valence-electron chi connectivity index (χ1n) is 5.62. The van der Waals surface area contributed by atoms with E-state index in [0.29, 0.717) is 24.3 Å². The highest BCUT2D eigenvalue weighted by Gasteiger charge is 2.35. The van der Waals surface area contributed by atoms with E-state index < -0.39 is 18.5 Å². The summed E-state index contributed by atoms with van der Waals surface area (Å²) >= 11 is 0. The van der Waals surface area contributed by atoms with Crippen molar-refractivity contribution in [2.75, 3.05) is 17.2 Å². The molecule has 98 valence electrons. The van der Waals surface area contributed by atoms with Crippen molar-refractivity contribution < 1.29 is 18.0 Å². The number of alkyl halides is 3. The van der Waals surface area contributed by atoms with Gasteiger partial charge >= 0.3 is 6.18 Å². The highest BCUT2D eigenvalue weighted by molar-refractivity contribution is 5.95. The number of hydrogen-bond acceptors (Lipinski definition) is 2. The summed E-state index contributed by atoms with van der Waals surface area (Å²) in [4.78, 5) is 12.8. The zero-order chi connectivity index (χ0) is 13.3. The monoisotopic (exact) mass is 258 g/mol. The number of anilines is 2. The van der Waals surface area contributed by atoms with Crippen molar-refractivity contribution in [2.24, 2.45) is 0 Å². The number of nitrogens with zero attached hydrogens (tertiary/aromatic N) is 1. The van der Waals surface area contributed by atoms with Crippen LogP contribution >= 0.6 is 0 Å². The molecule has 0 aliphatic carbocycles. The molecule has 2 N–H and O–H groups in total. The third kappa shape index (κ3) is 2.75. The Morgan fingerprint density at radius 2 is 2.11 bits per heavy atom. The number of nitrogens with two attached hydrogens (primary N) is 1. The summed E-state index contributed by atoms with van der Waals surface area (Å²) in [6, 6.07) is 5.01. The Morgan fingerprint density at radius 3 is 2.78 bits per heavy atom. The highest BCUT2D eigenvalue weighted by atomic mass is 19.4. The number of benzene rings is 1. The Morgan fingerprint density at radius 1 is 1.39 bits per heavy atom. The molecular weight excluding hydrogens is 245 g/mol. The molecule has 0 saturated carbocycles. The number of nitrogen functional groups attached to an aromatic ring is 1. The lowest BCUT2D eigenvalue weighted by molar-refractivity contribution is -0.151. The summed E-state index contributed by atoms with van der Waals surface area (Å²) in [7, 11) is 0. The van der Waals surface area contributed by atoms with Gasteiger partial charge in [-0.05, 0) is 30.5 Å². The molecule has 0 unspecified atom stereocenters. The quantitative estimate of drug-likeness (QED) is 0.787.